The molecule has 0 aromatic heterocycles. The van der Waals surface area contributed by atoms with E-state index in [4.69, 9.17) is 4.74 Å². The van der Waals surface area contributed by atoms with Gasteiger partial charge in [0, 0.05) is 19.2 Å². The Morgan fingerprint density at radius 3 is 2.77 bits per heavy atom. The van der Waals surface area contributed by atoms with E-state index in [-0.39, 0.29) is 11.9 Å². The minimum atomic E-state index is -0.0484. The minimum Gasteiger partial charge on any atom is -0.377 e. The first kappa shape index (κ1) is 17.7. The first-order chi connectivity index (χ1) is 10.5. The molecule has 4 heteroatoms. The Balaban J connectivity index is 1.85. The highest BCUT2D eigenvalue weighted by Crippen LogP contribution is 2.29. The van der Waals surface area contributed by atoms with Gasteiger partial charge in [0.2, 0.25) is 5.91 Å². The molecule has 5 unspecified atom stereocenters. The van der Waals surface area contributed by atoms with Gasteiger partial charge in [-0.3, -0.25) is 9.69 Å². The summed E-state index contributed by atoms with van der Waals surface area (Å²) < 4.78 is 5.75. The molecule has 2 rings (SSSR count). The van der Waals surface area contributed by atoms with Crippen LogP contribution < -0.4 is 5.32 Å². The Labute approximate surface area is 136 Å². The van der Waals surface area contributed by atoms with Gasteiger partial charge in [0.1, 0.15) is 0 Å². The molecule has 0 aromatic rings. The summed E-state index contributed by atoms with van der Waals surface area (Å²) in [4.78, 5) is 14.9. The summed E-state index contributed by atoms with van der Waals surface area (Å²) in [6, 6.07) is 0.305. The molecular formula is C18H34N2O2. The van der Waals surface area contributed by atoms with Crippen LogP contribution in [0.3, 0.4) is 0 Å². The Morgan fingerprint density at radius 2 is 2.05 bits per heavy atom. The standard InChI is InChI=1S/C18H34N2O2/c1-5-22-16-9-7-11-20(12-16)15(4)18(21)19-17-10-6-8-13(2)14(17)3/h13-17H,5-12H2,1-4H3,(H,19,21). The second-order valence-electron chi connectivity index (χ2n) is 7.27. The van der Waals surface area contributed by atoms with E-state index in [0.717, 1.165) is 39.0 Å². The number of ether oxygens (including phenoxy) is 1. The van der Waals surface area contributed by atoms with E-state index in [0.29, 0.717) is 24.0 Å². The lowest BCUT2D eigenvalue weighted by Crippen LogP contribution is -2.54. The van der Waals surface area contributed by atoms with Gasteiger partial charge in [-0.2, -0.15) is 0 Å². The third kappa shape index (κ3) is 4.45. The van der Waals surface area contributed by atoms with E-state index in [1.807, 2.05) is 13.8 Å². The predicted octanol–water partition coefficient (Wildman–Crippen LogP) is 2.82. The van der Waals surface area contributed by atoms with Crippen LogP contribution in [0, 0.1) is 11.8 Å². The molecule has 0 radical (unpaired) electrons. The molecule has 1 amide bonds. The van der Waals surface area contributed by atoms with E-state index in [2.05, 4.69) is 24.1 Å². The predicted molar refractivity (Wildman–Crippen MR) is 89.8 cm³/mol. The van der Waals surface area contributed by atoms with Crippen molar-refractivity contribution in [2.24, 2.45) is 11.8 Å². The van der Waals surface area contributed by atoms with Crippen LogP contribution in [-0.2, 0) is 9.53 Å². The Hall–Kier alpha value is -0.610. The molecule has 2 aliphatic rings. The zero-order valence-electron chi connectivity index (χ0n) is 14.8. The molecule has 0 bridgehead atoms. The smallest absolute Gasteiger partial charge is 0.237 e. The zero-order chi connectivity index (χ0) is 16.1. The SMILES string of the molecule is CCOC1CCCN(C(C)C(=O)NC2CCCC(C)C2C)C1. The van der Waals surface area contributed by atoms with Crippen LogP contribution in [0.25, 0.3) is 0 Å². The highest BCUT2D eigenvalue weighted by Gasteiger charge is 2.32. The van der Waals surface area contributed by atoms with Gasteiger partial charge >= 0.3 is 0 Å². The van der Waals surface area contributed by atoms with Gasteiger partial charge in [0.25, 0.3) is 0 Å². The van der Waals surface area contributed by atoms with Crippen molar-refractivity contribution in [3.8, 4) is 0 Å². The quantitative estimate of drug-likeness (QED) is 0.849. The molecule has 4 nitrogen and oxygen atoms in total. The van der Waals surface area contributed by atoms with Crippen molar-refractivity contribution in [2.75, 3.05) is 19.7 Å². The second-order valence-corrected chi connectivity index (χ2v) is 7.27. The van der Waals surface area contributed by atoms with Gasteiger partial charge in [-0.25, -0.2) is 0 Å². The van der Waals surface area contributed by atoms with Crippen molar-refractivity contribution < 1.29 is 9.53 Å². The fourth-order valence-corrected chi connectivity index (χ4v) is 3.94. The van der Waals surface area contributed by atoms with Gasteiger partial charge in [-0.05, 0) is 51.5 Å². The first-order valence-corrected chi connectivity index (χ1v) is 9.19. The van der Waals surface area contributed by atoms with Crippen molar-refractivity contribution in [3.63, 3.8) is 0 Å². The van der Waals surface area contributed by atoms with Crippen LogP contribution in [-0.4, -0.2) is 48.7 Å². The summed E-state index contributed by atoms with van der Waals surface area (Å²) in [5.41, 5.74) is 0. The highest BCUT2D eigenvalue weighted by molar-refractivity contribution is 5.81. The van der Waals surface area contributed by atoms with E-state index < -0.39 is 0 Å². The van der Waals surface area contributed by atoms with E-state index >= 15 is 0 Å². The van der Waals surface area contributed by atoms with Crippen LogP contribution in [0.15, 0.2) is 0 Å². The molecule has 0 aromatic carbocycles. The first-order valence-electron chi connectivity index (χ1n) is 9.19. The van der Waals surface area contributed by atoms with Gasteiger partial charge in [0.05, 0.1) is 12.1 Å². The summed E-state index contributed by atoms with van der Waals surface area (Å²) in [6.45, 7) is 11.3. The molecule has 1 heterocycles. The summed E-state index contributed by atoms with van der Waals surface area (Å²) >= 11 is 0. The van der Waals surface area contributed by atoms with Crippen molar-refractivity contribution in [3.05, 3.63) is 0 Å². The molecule has 1 saturated carbocycles. The summed E-state index contributed by atoms with van der Waals surface area (Å²) in [6.07, 6.45) is 6.20. The third-order valence-electron chi connectivity index (χ3n) is 5.77. The van der Waals surface area contributed by atoms with E-state index in [1.54, 1.807) is 0 Å². The molecule has 2 fully saturated rings. The Morgan fingerprint density at radius 1 is 1.27 bits per heavy atom. The number of hydrogen-bond donors (Lipinski definition) is 1. The van der Waals surface area contributed by atoms with E-state index in [9.17, 15) is 4.79 Å². The van der Waals surface area contributed by atoms with Crippen LogP contribution in [0.1, 0.15) is 59.8 Å². The molecule has 1 N–H and O–H groups in total. The normalized spacial score (nSPS) is 35.1. The average molecular weight is 310 g/mol. The summed E-state index contributed by atoms with van der Waals surface area (Å²) in [7, 11) is 0. The van der Waals surface area contributed by atoms with Gasteiger partial charge in [0.15, 0.2) is 0 Å². The van der Waals surface area contributed by atoms with Crippen molar-refractivity contribution >= 4 is 5.91 Å². The molecule has 1 aliphatic carbocycles. The van der Waals surface area contributed by atoms with Gasteiger partial charge in [-0.15, -0.1) is 0 Å². The Bertz CT molecular complexity index is 359. The lowest BCUT2D eigenvalue weighted by molar-refractivity contribution is -0.129. The van der Waals surface area contributed by atoms with Crippen LogP contribution >= 0.6 is 0 Å². The fraction of sp³-hybridized carbons (Fsp3) is 0.944. The number of nitrogens with zero attached hydrogens (tertiary/aromatic N) is 1. The largest absolute Gasteiger partial charge is 0.377 e. The number of rotatable bonds is 5. The van der Waals surface area contributed by atoms with Crippen molar-refractivity contribution in [2.45, 2.75) is 78.0 Å². The molecule has 5 atom stereocenters. The van der Waals surface area contributed by atoms with Gasteiger partial charge < -0.3 is 10.1 Å². The summed E-state index contributed by atoms with van der Waals surface area (Å²) in [5.74, 6) is 1.50. The zero-order valence-corrected chi connectivity index (χ0v) is 14.8. The minimum absolute atomic E-state index is 0.0484. The number of carbonyl (C=O) groups excluding carboxylic acids is 1. The van der Waals surface area contributed by atoms with Crippen LogP contribution in [0.2, 0.25) is 0 Å². The highest BCUT2D eigenvalue weighted by atomic mass is 16.5. The van der Waals surface area contributed by atoms with Crippen molar-refractivity contribution in [1.82, 2.24) is 10.2 Å². The summed E-state index contributed by atoms with van der Waals surface area (Å²) in [5, 5.41) is 3.32. The number of nitrogens with one attached hydrogen (secondary N) is 1. The number of hydrogen-bond acceptors (Lipinski definition) is 3. The molecule has 128 valence electrons. The third-order valence-corrected chi connectivity index (χ3v) is 5.77. The van der Waals surface area contributed by atoms with Crippen LogP contribution in [0.5, 0.6) is 0 Å². The lowest BCUT2D eigenvalue weighted by atomic mass is 9.78. The second kappa shape index (κ2) is 8.30. The number of carbonyl (C=O) groups is 1. The molecule has 1 aliphatic heterocycles. The maximum absolute atomic E-state index is 12.6. The van der Waals surface area contributed by atoms with Gasteiger partial charge in [-0.1, -0.05) is 26.7 Å². The van der Waals surface area contributed by atoms with E-state index in [1.165, 1.54) is 12.8 Å². The fourth-order valence-electron chi connectivity index (χ4n) is 3.94. The topological polar surface area (TPSA) is 41.6 Å². The average Bonchev–Trinajstić information content (AvgIpc) is 2.51. The molecule has 1 saturated heterocycles. The molecule has 0 spiro atoms. The number of piperidine rings is 1. The number of likely N-dealkylation sites (tertiary alicyclic amines) is 1. The lowest BCUT2D eigenvalue weighted by Gasteiger charge is -2.38. The Kier molecular flexibility index (Phi) is 6.69. The maximum atomic E-state index is 12.6. The molecular weight excluding hydrogens is 276 g/mol. The monoisotopic (exact) mass is 310 g/mol. The number of amides is 1. The maximum Gasteiger partial charge on any atom is 0.237 e. The molecule has 22 heavy (non-hydrogen) atoms. The van der Waals surface area contributed by atoms with Crippen molar-refractivity contribution in [1.29, 1.82) is 0 Å². The van der Waals surface area contributed by atoms with Crippen LogP contribution in [0.4, 0.5) is 0 Å².